The monoisotopic (exact) mass is 390 g/mol. The van der Waals surface area contributed by atoms with Crippen LogP contribution in [0.4, 0.5) is 0 Å². The van der Waals surface area contributed by atoms with Gasteiger partial charge in [0.1, 0.15) is 0 Å². The third kappa shape index (κ3) is 3.58. The Morgan fingerprint density at radius 1 is 1.04 bits per heavy atom. The molecule has 0 saturated heterocycles. The van der Waals surface area contributed by atoms with Crippen LogP contribution in [0.15, 0.2) is 11.6 Å². The molecule has 0 radical (unpaired) electrons. The summed E-state index contributed by atoms with van der Waals surface area (Å²) < 4.78 is 0. The van der Waals surface area contributed by atoms with Crippen LogP contribution in [0.3, 0.4) is 0 Å². The van der Waals surface area contributed by atoms with Crippen LogP contribution in [0.5, 0.6) is 0 Å². The topological polar surface area (TPSA) is 74.6 Å². The molecule has 4 aliphatic rings. The van der Waals surface area contributed by atoms with Crippen LogP contribution >= 0.6 is 0 Å². The van der Waals surface area contributed by atoms with Crippen molar-refractivity contribution < 1.29 is 19.8 Å². The van der Waals surface area contributed by atoms with E-state index in [4.69, 9.17) is 5.11 Å². The highest BCUT2D eigenvalue weighted by Gasteiger charge is 2.58. The van der Waals surface area contributed by atoms with Gasteiger partial charge in [0.2, 0.25) is 0 Å². The lowest BCUT2D eigenvalue weighted by Crippen LogP contribution is -2.51. The van der Waals surface area contributed by atoms with Crippen molar-refractivity contribution in [1.29, 1.82) is 0 Å². The lowest BCUT2D eigenvalue weighted by Gasteiger charge is -2.57. The van der Waals surface area contributed by atoms with Gasteiger partial charge in [0.05, 0.1) is 11.5 Å². The van der Waals surface area contributed by atoms with Crippen LogP contribution in [0.25, 0.3) is 0 Å². The van der Waals surface area contributed by atoms with E-state index < -0.39 is 11.4 Å². The number of allylic oxidation sites excluding steroid dienone is 1. The highest BCUT2D eigenvalue weighted by Crippen LogP contribution is 2.65. The van der Waals surface area contributed by atoms with E-state index in [0.717, 1.165) is 37.5 Å². The second-order valence-electron chi connectivity index (χ2n) is 11.2. The van der Waals surface area contributed by atoms with Gasteiger partial charge >= 0.3 is 5.97 Å². The van der Waals surface area contributed by atoms with Crippen LogP contribution in [0, 0.1) is 34.0 Å². The molecule has 0 heterocycles. The van der Waals surface area contributed by atoms with Crippen molar-refractivity contribution in [3.63, 3.8) is 0 Å². The third-order valence-electron chi connectivity index (χ3n) is 8.55. The highest BCUT2D eigenvalue weighted by molar-refractivity contribution is 5.91. The van der Waals surface area contributed by atoms with Crippen molar-refractivity contribution in [3.05, 3.63) is 11.6 Å². The molecule has 4 nitrogen and oxygen atoms in total. The maximum absolute atomic E-state index is 11.8. The molecule has 6 atom stereocenters. The van der Waals surface area contributed by atoms with E-state index in [1.807, 2.05) is 6.08 Å². The zero-order valence-corrected chi connectivity index (χ0v) is 18.3. The molecule has 0 unspecified atom stereocenters. The molecule has 0 spiro atoms. The van der Waals surface area contributed by atoms with Crippen LogP contribution in [-0.2, 0) is 9.59 Å². The molecular weight excluding hydrogens is 352 g/mol. The molecule has 4 heteroatoms. The van der Waals surface area contributed by atoms with Crippen LogP contribution in [-0.4, -0.2) is 28.1 Å². The Balaban J connectivity index is 0.000000279. The number of carboxylic acids is 1. The first-order valence-corrected chi connectivity index (χ1v) is 11.0. The SMILES string of the molecule is CC(C)(C)C(=O)O.C[C@]12CC[C@H]3[C@@H](CCC4=CC(=O)CC[C@@]43C)[C@@H]1CC[C@@H]2O. The minimum Gasteiger partial charge on any atom is -0.481 e. The van der Waals surface area contributed by atoms with Crippen molar-refractivity contribution in [2.75, 3.05) is 0 Å². The normalized spacial score (nSPS) is 42.4. The largest absolute Gasteiger partial charge is 0.481 e. The minimum atomic E-state index is -0.757. The Labute approximate surface area is 169 Å². The van der Waals surface area contributed by atoms with E-state index in [1.54, 1.807) is 20.8 Å². The number of carbonyl (C=O) groups excluding carboxylic acids is 1. The molecule has 0 aromatic rings. The number of aliphatic hydroxyl groups excluding tert-OH is 1. The quantitative estimate of drug-likeness (QED) is 0.610. The zero-order valence-electron chi connectivity index (χ0n) is 18.3. The van der Waals surface area contributed by atoms with Gasteiger partial charge in [-0.3, -0.25) is 9.59 Å². The first-order chi connectivity index (χ1) is 12.9. The fourth-order valence-electron chi connectivity index (χ4n) is 6.53. The van der Waals surface area contributed by atoms with Gasteiger partial charge in [-0.2, -0.15) is 0 Å². The number of hydrogen-bond donors (Lipinski definition) is 2. The predicted molar refractivity (Wildman–Crippen MR) is 110 cm³/mol. The zero-order chi connectivity index (χ0) is 20.9. The lowest BCUT2D eigenvalue weighted by molar-refractivity contribution is -0.145. The number of fused-ring (bicyclic) bond motifs is 5. The molecule has 0 aromatic heterocycles. The Morgan fingerprint density at radius 3 is 2.29 bits per heavy atom. The van der Waals surface area contributed by atoms with E-state index in [2.05, 4.69) is 13.8 Å². The van der Waals surface area contributed by atoms with Gasteiger partial charge in [0, 0.05) is 6.42 Å². The van der Waals surface area contributed by atoms with E-state index in [9.17, 15) is 14.7 Å². The Morgan fingerprint density at radius 2 is 1.68 bits per heavy atom. The molecule has 158 valence electrons. The van der Waals surface area contributed by atoms with E-state index in [-0.39, 0.29) is 16.9 Å². The first-order valence-electron chi connectivity index (χ1n) is 11.0. The van der Waals surface area contributed by atoms with Gasteiger partial charge in [-0.1, -0.05) is 19.4 Å². The van der Waals surface area contributed by atoms with Crippen molar-refractivity contribution in [2.45, 2.75) is 92.1 Å². The summed E-state index contributed by atoms with van der Waals surface area (Å²) >= 11 is 0. The second-order valence-corrected chi connectivity index (χ2v) is 11.2. The number of aliphatic carboxylic acids is 1. The molecule has 3 saturated carbocycles. The first kappa shape index (κ1) is 21.5. The molecule has 0 amide bonds. The second kappa shape index (κ2) is 7.27. The van der Waals surface area contributed by atoms with Crippen LogP contribution in [0.1, 0.15) is 86.0 Å². The third-order valence-corrected chi connectivity index (χ3v) is 8.55. The van der Waals surface area contributed by atoms with E-state index in [0.29, 0.717) is 11.7 Å². The van der Waals surface area contributed by atoms with Gasteiger partial charge in [-0.05, 0) is 100 Å². The number of hydrogen-bond acceptors (Lipinski definition) is 3. The summed E-state index contributed by atoms with van der Waals surface area (Å²) in [5, 5.41) is 18.7. The molecule has 0 bridgehead atoms. The lowest BCUT2D eigenvalue weighted by atomic mass is 9.47. The molecule has 0 aliphatic heterocycles. The minimum absolute atomic E-state index is 0.0823. The molecular formula is C24H38O4. The van der Waals surface area contributed by atoms with E-state index >= 15 is 0 Å². The molecule has 4 aliphatic carbocycles. The van der Waals surface area contributed by atoms with Crippen LogP contribution in [0.2, 0.25) is 0 Å². The summed E-state index contributed by atoms with van der Waals surface area (Å²) in [6, 6.07) is 0. The Kier molecular flexibility index (Phi) is 5.59. The van der Waals surface area contributed by atoms with Gasteiger partial charge in [-0.25, -0.2) is 0 Å². The fraction of sp³-hybridized carbons (Fsp3) is 0.833. The summed E-state index contributed by atoms with van der Waals surface area (Å²) in [5.41, 5.74) is 1.30. The van der Waals surface area contributed by atoms with Crippen molar-refractivity contribution in [2.24, 2.45) is 34.0 Å². The molecule has 0 aromatic carbocycles. The molecule has 2 N–H and O–H groups in total. The highest BCUT2D eigenvalue weighted by atomic mass is 16.4. The number of ketones is 1. The maximum atomic E-state index is 11.8. The summed E-state index contributed by atoms with van der Waals surface area (Å²) in [6.45, 7) is 9.75. The van der Waals surface area contributed by atoms with Gasteiger partial charge in [-0.15, -0.1) is 0 Å². The number of carboxylic acid groups (broad SMARTS) is 1. The molecule has 3 fully saturated rings. The average Bonchev–Trinajstić information content (AvgIpc) is 2.90. The van der Waals surface area contributed by atoms with Gasteiger partial charge < -0.3 is 10.2 Å². The summed E-state index contributed by atoms with van der Waals surface area (Å²) in [4.78, 5) is 21.8. The van der Waals surface area contributed by atoms with Crippen molar-refractivity contribution in [3.8, 4) is 0 Å². The summed E-state index contributed by atoms with van der Waals surface area (Å²) in [7, 11) is 0. The molecule has 4 rings (SSSR count). The Hall–Kier alpha value is -1.16. The number of carbonyl (C=O) groups is 2. The average molecular weight is 391 g/mol. The summed E-state index contributed by atoms with van der Waals surface area (Å²) in [6.07, 6.45) is 10.7. The van der Waals surface area contributed by atoms with Gasteiger partial charge in [0.15, 0.2) is 5.78 Å². The number of aliphatic hydroxyl groups is 1. The molecule has 28 heavy (non-hydrogen) atoms. The van der Waals surface area contributed by atoms with Crippen molar-refractivity contribution >= 4 is 11.8 Å². The van der Waals surface area contributed by atoms with Crippen LogP contribution < -0.4 is 0 Å². The Bertz CT molecular complexity index is 673. The maximum Gasteiger partial charge on any atom is 0.308 e. The van der Waals surface area contributed by atoms with Gasteiger partial charge in [0.25, 0.3) is 0 Å². The smallest absolute Gasteiger partial charge is 0.308 e. The fourth-order valence-corrected chi connectivity index (χ4v) is 6.53. The van der Waals surface area contributed by atoms with Crippen molar-refractivity contribution in [1.82, 2.24) is 0 Å². The summed E-state index contributed by atoms with van der Waals surface area (Å²) in [5.74, 6) is 1.82. The van der Waals surface area contributed by atoms with E-state index in [1.165, 1.54) is 31.3 Å². The number of rotatable bonds is 0. The standard InChI is InChI=1S/C19H28O2.C5H10O2/c1-18-9-7-13(20)11-12(18)3-4-14-15-5-6-17(21)19(15,2)10-8-16(14)18;1-5(2,3)4(6)7/h11,14-17,21H,3-10H2,1-2H3;1-3H3,(H,6,7)/t14-,15-,16-,17-,18-,19-;/m0./s1. The predicted octanol–water partition coefficient (Wildman–Crippen LogP) is 5.00.